The third kappa shape index (κ3) is 4.17. The van der Waals surface area contributed by atoms with E-state index in [1.54, 1.807) is 30.2 Å². The maximum atomic E-state index is 12.6. The highest BCUT2D eigenvalue weighted by Gasteiger charge is 2.37. The summed E-state index contributed by atoms with van der Waals surface area (Å²) in [6.45, 7) is 1.02. The smallest absolute Gasteiger partial charge is 0.239 e. The van der Waals surface area contributed by atoms with Crippen LogP contribution in [0, 0.1) is 5.92 Å². The third-order valence-corrected chi connectivity index (χ3v) is 4.75. The summed E-state index contributed by atoms with van der Waals surface area (Å²) in [6.07, 6.45) is 1.22. The lowest BCUT2D eigenvalue weighted by Gasteiger charge is -2.17. The lowest BCUT2D eigenvalue weighted by molar-refractivity contribution is -0.132. The molecule has 0 aromatic heterocycles. The van der Waals surface area contributed by atoms with Crippen molar-refractivity contribution in [2.45, 2.75) is 12.8 Å². The van der Waals surface area contributed by atoms with Gasteiger partial charge in [-0.25, -0.2) is 0 Å². The van der Waals surface area contributed by atoms with Crippen LogP contribution >= 0.6 is 11.6 Å². The highest BCUT2D eigenvalue weighted by Crippen LogP contribution is 2.27. The molecule has 2 aromatic carbocycles. The Morgan fingerprint density at radius 1 is 1.27 bits per heavy atom. The van der Waals surface area contributed by atoms with Crippen LogP contribution in [-0.4, -0.2) is 32.0 Å². The first-order chi connectivity index (χ1) is 12.6. The number of rotatable bonds is 6. The SMILES string of the molecule is COc1ccc(CCNC(=O)[C@H]2CCN(c3cccc(Cl)c3)C2=O)cc1. The van der Waals surface area contributed by atoms with Crippen LogP contribution in [0.4, 0.5) is 5.69 Å². The number of ether oxygens (including phenoxy) is 1. The number of nitrogens with one attached hydrogen (secondary N) is 1. The summed E-state index contributed by atoms with van der Waals surface area (Å²) in [5.41, 5.74) is 1.83. The van der Waals surface area contributed by atoms with E-state index < -0.39 is 5.92 Å². The van der Waals surface area contributed by atoms with E-state index in [9.17, 15) is 9.59 Å². The summed E-state index contributed by atoms with van der Waals surface area (Å²) in [5, 5.41) is 3.44. The Kier molecular flexibility index (Phi) is 5.78. The average molecular weight is 373 g/mol. The first-order valence-corrected chi connectivity index (χ1v) is 8.94. The lowest BCUT2D eigenvalue weighted by Crippen LogP contribution is -2.37. The van der Waals surface area contributed by atoms with Gasteiger partial charge in [-0.05, 0) is 48.7 Å². The van der Waals surface area contributed by atoms with E-state index in [0.717, 1.165) is 17.0 Å². The molecule has 6 heteroatoms. The minimum Gasteiger partial charge on any atom is -0.497 e. The fraction of sp³-hybridized carbons (Fsp3) is 0.300. The Hall–Kier alpha value is -2.53. The van der Waals surface area contributed by atoms with Gasteiger partial charge in [0.05, 0.1) is 7.11 Å². The van der Waals surface area contributed by atoms with Crippen molar-refractivity contribution in [3.63, 3.8) is 0 Å². The number of halogens is 1. The normalized spacial score (nSPS) is 16.6. The zero-order valence-corrected chi connectivity index (χ0v) is 15.3. The number of benzene rings is 2. The summed E-state index contributed by atoms with van der Waals surface area (Å²) < 4.78 is 5.12. The molecule has 0 spiro atoms. The van der Waals surface area contributed by atoms with Gasteiger partial charge in [-0.15, -0.1) is 0 Å². The molecule has 2 aromatic rings. The van der Waals surface area contributed by atoms with Crippen LogP contribution in [0.25, 0.3) is 0 Å². The molecule has 3 rings (SSSR count). The van der Waals surface area contributed by atoms with Gasteiger partial charge >= 0.3 is 0 Å². The monoisotopic (exact) mass is 372 g/mol. The Labute approximate surface area is 157 Å². The van der Waals surface area contributed by atoms with E-state index in [4.69, 9.17) is 16.3 Å². The van der Waals surface area contributed by atoms with E-state index in [0.29, 0.717) is 31.0 Å². The molecule has 1 atom stereocenters. The fourth-order valence-electron chi connectivity index (χ4n) is 3.07. The minimum atomic E-state index is -0.634. The number of carbonyl (C=O) groups excluding carboxylic acids is 2. The molecule has 1 aliphatic heterocycles. The van der Waals surface area contributed by atoms with Gasteiger partial charge in [-0.1, -0.05) is 29.8 Å². The zero-order valence-electron chi connectivity index (χ0n) is 14.6. The Morgan fingerprint density at radius 2 is 2.04 bits per heavy atom. The van der Waals surface area contributed by atoms with Crippen molar-refractivity contribution in [3.8, 4) is 5.75 Å². The van der Waals surface area contributed by atoms with Crippen molar-refractivity contribution >= 4 is 29.1 Å². The van der Waals surface area contributed by atoms with E-state index in [1.807, 2.05) is 30.3 Å². The molecule has 1 saturated heterocycles. The minimum absolute atomic E-state index is 0.172. The van der Waals surface area contributed by atoms with E-state index in [-0.39, 0.29) is 11.8 Å². The Balaban J connectivity index is 1.52. The zero-order chi connectivity index (χ0) is 18.5. The van der Waals surface area contributed by atoms with Crippen molar-refractivity contribution in [3.05, 3.63) is 59.1 Å². The van der Waals surface area contributed by atoms with Crippen LogP contribution in [0.2, 0.25) is 5.02 Å². The van der Waals surface area contributed by atoms with Crippen LogP contribution in [0.15, 0.2) is 48.5 Å². The molecule has 5 nitrogen and oxygen atoms in total. The number of nitrogens with zero attached hydrogens (tertiary/aromatic N) is 1. The molecule has 1 aliphatic rings. The van der Waals surface area contributed by atoms with Gasteiger partial charge in [-0.3, -0.25) is 9.59 Å². The lowest BCUT2D eigenvalue weighted by atomic mass is 10.1. The van der Waals surface area contributed by atoms with Crippen LogP contribution in [0.5, 0.6) is 5.75 Å². The third-order valence-electron chi connectivity index (χ3n) is 4.51. The molecule has 0 bridgehead atoms. The summed E-state index contributed by atoms with van der Waals surface area (Å²) in [5.74, 6) is -0.220. The predicted molar refractivity (Wildman–Crippen MR) is 102 cm³/mol. The molecular weight excluding hydrogens is 352 g/mol. The Bertz CT molecular complexity index is 792. The number of amides is 2. The van der Waals surface area contributed by atoms with Crippen molar-refractivity contribution in [1.29, 1.82) is 0 Å². The summed E-state index contributed by atoms with van der Waals surface area (Å²) >= 11 is 5.99. The summed E-state index contributed by atoms with van der Waals surface area (Å²) in [7, 11) is 1.63. The molecule has 0 unspecified atom stereocenters. The van der Waals surface area contributed by atoms with Crippen LogP contribution in [0.3, 0.4) is 0 Å². The number of carbonyl (C=O) groups is 2. The van der Waals surface area contributed by atoms with Crippen molar-refractivity contribution in [1.82, 2.24) is 5.32 Å². The van der Waals surface area contributed by atoms with Gasteiger partial charge in [0, 0.05) is 23.8 Å². The second-order valence-electron chi connectivity index (χ2n) is 6.20. The maximum Gasteiger partial charge on any atom is 0.239 e. The van der Waals surface area contributed by atoms with Gasteiger partial charge in [0.15, 0.2) is 0 Å². The van der Waals surface area contributed by atoms with E-state index >= 15 is 0 Å². The molecule has 0 radical (unpaired) electrons. The predicted octanol–water partition coefficient (Wildman–Crippen LogP) is 3.06. The quantitative estimate of drug-likeness (QED) is 0.793. The standard InChI is InChI=1S/C20H21ClN2O3/c1-26-17-7-5-14(6-8-17)9-11-22-19(24)18-10-12-23(20(18)25)16-4-2-3-15(21)13-16/h2-8,13,18H,9-12H2,1H3,(H,22,24)/t18-/m1/s1. The van der Waals surface area contributed by atoms with Gasteiger partial charge in [0.1, 0.15) is 11.7 Å². The molecule has 26 heavy (non-hydrogen) atoms. The molecule has 0 aliphatic carbocycles. The topological polar surface area (TPSA) is 58.6 Å². The summed E-state index contributed by atoms with van der Waals surface area (Å²) in [4.78, 5) is 26.6. The van der Waals surface area contributed by atoms with Gasteiger partial charge in [0.2, 0.25) is 11.8 Å². The number of anilines is 1. The van der Waals surface area contributed by atoms with Crippen molar-refractivity contribution in [2.24, 2.45) is 5.92 Å². The molecule has 1 N–H and O–H groups in total. The molecule has 136 valence electrons. The first-order valence-electron chi connectivity index (χ1n) is 8.56. The summed E-state index contributed by atoms with van der Waals surface area (Å²) in [6, 6.07) is 14.8. The average Bonchev–Trinajstić information content (AvgIpc) is 3.04. The molecule has 1 fully saturated rings. The van der Waals surface area contributed by atoms with Crippen LogP contribution in [-0.2, 0) is 16.0 Å². The largest absolute Gasteiger partial charge is 0.497 e. The number of hydrogen-bond donors (Lipinski definition) is 1. The molecule has 2 amide bonds. The highest BCUT2D eigenvalue weighted by molar-refractivity contribution is 6.31. The van der Waals surface area contributed by atoms with Crippen LogP contribution < -0.4 is 15.0 Å². The van der Waals surface area contributed by atoms with Gasteiger partial charge < -0.3 is 15.0 Å². The van der Waals surface area contributed by atoms with Gasteiger partial charge in [0.25, 0.3) is 0 Å². The molecular formula is C20H21ClN2O3. The van der Waals surface area contributed by atoms with Crippen molar-refractivity contribution < 1.29 is 14.3 Å². The number of hydrogen-bond acceptors (Lipinski definition) is 3. The second kappa shape index (κ2) is 8.23. The van der Waals surface area contributed by atoms with Crippen molar-refractivity contribution in [2.75, 3.05) is 25.1 Å². The first kappa shape index (κ1) is 18.3. The maximum absolute atomic E-state index is 12.6. The van der Waals surface area contributed by atoms with Crippen LogP contribution in [0.1, 0.15) is 12.0 Å². The van der Waals surface area contributed by atoms with Gasteiger partial charge in [-0.2, -0.15) is 0 Å². The van der Waals surface area contributed by atoms with E-state index in [1.165, 1.54) is 0 Å². The Morgan fingerprint density at radius 3 is 2.73 bits per heavy atom. The van der Waals surface area contributed by atoms with E-state index in [2.05, 4.69) is 5.32 Å². The number of methoxy groups -OCH3 is 1. The molecule has 0 saturated carbocycles. The highest BCUT2D eigenvalue weighted by atomic mass is 35.5. The fourth-order valence-corrected chi connectivity index (χ4v) is 3.25. The molecule has 1 heterocycles. The second-order valence-corrected chi connectivity index (χ2v) is 6.64.